The van der Waals surface area contributed by atoms with Gasteiger partial charge >= 0.3 is 26.2 Å². The molecule has 0 N–H and O–H groups in total. The second-order valence-electron chi connectivity index (χ2n) is 9.44. The van der Waals surface area contributed by atoms with E-state index in [-0.39, 0.29) is 56.9 Å². The number of rotatable bonds is 5. The van der Waals surface area contributed by atoms with Crippen molar-refractivity contribution < 1.29 is 55.4 Å². The normalized spacial score (nSPS) is 15.6. The molecule has 1 atom stereocenters. The first-order valence-corrected chi connectivity index (χ1v) is 14.6. The molecule has 1 unspecified atom stereocenters. The Balaban J connectivity index is 0.00000136. The predicted molar refractivity (Wildman–Crippen MR) is 133 cm³/mol. The van der Waals surface area contributed by atoms with Crippen molar-refractivity contribution in [3.63, 3.8) is 0 Å². The summed E-state index contributed by atoms with van der Waals surface area (Å²) in [5, 5.41) is 5.10. The van der Waals surface area contributed by atoms with Gasteiger partial charge in [0.25, 0.3) is 0 Å². The number of halogens is 2. The fraction of sp³-hybridized carbons (Fsp3) is 0.241. The minimum atomic E-state index is -1.53. The van der Waals surface area contributed by atoms with Crippen LogP contribution in [0.3, 0.4) is 0 Å². The van der Waals surface area contributed by atoms with E-state index in [0.29, 0.717) is 0 Å². The van der Waals surface area contributed by atoms with Crippen molar-refractivity contribution in [1.82, 2.24) is 0 Å². The van der Waals surface area contributed by atoms with Gasteiger partial charge in [0, 0.05) is 12.5 Å². The maximum absolute atomic E-state index is 6.25. The quantitative estimate of drug-likeness (QED) is 0.229. The van der Waals surface area contributed by atoms with E-state index in [1.54, 1.807) is 0 Å². The molecular weight excluding hydrogens is 555 g/mol. The van der Waals surface area contributed by atoms with Gasteiger partial charge in [-0.3, -0.25) is 0 Å². The van der Waals surface area contributed by atoms with Crippen LogP contribution in [-0.2, 0) is 30.6 Å². The molecule has 2 aliphatic carbocycles. The van der Waals surface area contributed by atoms with E-state index in [2.05, 4.69) is 105 Å². The molecule has 0 bridgehead atoms. The Morgan fingerprint density at radius 3 is 2.35 bits per heavy atom. The summed E-state index contributed by atoms with van der Waals surface area (Å²) < 4.78 is 6.25. The molecule has 3 aromatic carbocycles. The van der Waals surface area contributed by atoms with Crippen LogP contribution in [0.2, 0.25) is 19.6 Å². The third kappa shape index (κ3) is 5.45. The summed E-state index contributed by atoms with van der Waals surface area (Å²) in [6.07, 6.45) is 9.36. The number of hydrogen-bond donors (Lipinski definition) is 0. The van der Waals surface area contributed by atoms with Gasteiger partial charge in [-0.15, -0.1) is 33.4 Å². The van der Waals surface area contributed by atoms with Crippen LogP contribution in [0, 0.1) is 10.4 Å². The van der Waals surface area contributed by atoms with Gasteiger partial charge < -0.3 is 29.2 Å². The first kappa shape index (κ1) is 29.0. The van der Waals surface area contributed by atoms with Gasteiger partial charge in [-0.05, 0) is 44.1 Å². The zero-order chi connectivity index (χ0) is 21.6. The van der Waals surface area contributed by atoms with Crippen molar-refractivity contribution in [2.45, 2.75) is 38.9 Å². The summed E-state index contributed by atoms with van der Waals surface area (Å²) in [4.78, 5) is 0. The number of hydrogen-bond acceptors (Lipinski definition) is 1. The maximum atomic E-state index is 6.25. The summed E-state index contributed by atoms with van der Waals surface area (Å²) in [5.41, 5.74) is 6.84. The van der Waals surface area contributed by atoms with Crippen LogP contribution in [0.5, 0.6) is 0 Å². The van der Waals surface area contributed by atoms with Crippen LogP contribution >= 0.6 is 0 Å². The zero-order valence-corrected chi connectivity index (χ0v) is 25.1. The molecule has 0 spiro atoms. The fourth-order valence-electron chi connectivity index (χ4n) is 4.94. The predicted octanol–water partition coefficient (Wildman–Crippen LogP) is -0.431. The second kappa shape index (κ2) is 11.7. The third-order valence-corrected chi connectivity index (χ3v) is 7.37. The van der Waals surface area contributed by atoms with Gasteiger partial charge in [-0.2, -0.15) is 0 Å². The van der Waals surface area contributed by atoms with Gasteiger partial charge in [0.05, 0.1) is 0 Å². The number of benzene rings is 3. The van der Waals surface area contributed by atoms with E-state index < -0.39 is 8.32 Å². The molecule has 5 rings (SSSR count). The minimum absolute atomic E-state index is 0. The molecule has 0 heterocycles. The zero-order valence-electron chi connectivity index (χ0n) is 20.1. The van der Waals surface area contributed by atoms with Crippen LogP contribution in [0.25, 0.3) is 18.2 Å². The molecule has 1 radical (unpaired) electrons. The molecule has 3 aromatic rings. The Morgan fingerprint density at radius 2 is 1.62 bits per heavy atom. The molecular formula is C29H29Cl2OSiZr. The summed E-state index contributed by atoms with van der Waals surface area (Å²) >= 11 is 0. The van der Waals surface area contributed by atoms with Crippen molar-refractivity contribution in [2.24, 2.45) is 0 Å². The molecule has 0 amide bonds. The Bertz CT molecular complexity index is 1420. The first-order chi connectivity index (χ1) is 15.0. The molecule has 1 nitrogen and oxygen atoms in total. The molecule has 2 aliphatic rings. The maximum Gasteiger partial charge on any atom is 3.00 e. The van der Waals surface area contributed by atoms with E-state index >= 15 is 0 Å². The van der Waals surface area contributed by atoms with Gasteiger partial charge in [0.15, 0.2) is 8.32 Å². The van der Waals surface area contributed by atoms with Crippen LogP contribution in [-0.4, -0.2) is 14.9 Å². The monoisotopic (exact) mass is 581 g/mol. The van der Waals surface area contributed by atoms with Crippen molar-refractivity contribution in [1.29, 1.82) is 0 Å². The molecule has 0 fully saturated rings. The summed E-state index contributed by atoms with van der Waals surface area (Å²) in [5.74, 6) is 0.254. The Hall–Kier alpha value is -1.22. The van der Waals surface area contributed by atoms with Gasteiger partial charge in [-0.1, -0.05) is 83.1 Å². The van der Waals surface area contributed by atoms with E-state index in [4.69, 9.17) is 4.43 Å². The van der Waals surface area contributed by atoms with Crippen LogP contribution in [0.15, 0.2) is 66.2 Å². The first-order valence-electron chi connectivity index (χ1n) is 11.2. The van der Waals surface area contributed by atoms with Crippen molar-refractivity contribution in [3.8, 4) is 0 Å². The molecule has 0 aromatic heterocycles. The molecule has 0 aliphatic heterocycles. The topological polar surface area (TPSA) is 9.23 Å². The van der Waals surface area contributed by atoms with Crippen molar-refractivity contribution in [2.75, 3.05) is 6.61 Å². The van der Waals surface area contributed by atoms with Crippen molar-refractivity contribution >= 4 is 26.5 Å². The molecule has 173 valence electrons. The van der Waals surface area contributed by atoms with Crippen LogP contribution in [0.4, 0.5) is 0 Å². The van der Waals surface area contributed by atoms with E-state index in [1.165, 1.54) is 48.7 Å². The van der Waals surface area contributed by atoms with Crippen LogP contribution < -0.4 is 35.3 Å². The smallest absolute Gasteiger partial charge is 1.00 e. The minimum Gasteiger partial charge on any atom is -1.00 e. The SMILES string of the molecule is CC=c1ccc2c(c1C1C(CCO[Si](C)(C)C)=Cc3ccccc31)[C-]=c1ccccc1=2.[Cl-].[Cl-].[Zr+3]. The second-order valence-corrected chi connectivity index (χ2v) is 14.0. The molecule has 5 heteroatoms. The Kier molecular flexibility index (Phi) is 9.96. The van der Waals surface area contributed by atoms with E-state index in [0.717, 1.165) is 13.0 Å². The summed E-state index contributed by atoms with van der Waals surface area (Å²) in [6.45, 7) is 9.72. The van der Waals surface area contributed by atoms with Gasteiger partial charge in [0.2, 0.25) is 0 Å². The summed E-state index contributed by atoms with van der Waals surface area (Å²) in [7, 11) is -1.53. The van der Waals surface area contributed by atoms with Gasteiger partial charge in [-0.25, -0.2) is 0 Å². The Morgan fingerprint density at radius 1 is 0.912 bits per heavy atom. The van der Waals surface area contributed by atoms with Crippen molar-refractivity contribution in [3.05, 3.63) is 109 Å². The van der Waals surface area contributed by atoms with E-state index in [1.807, 2.05) is 0 Å². The van der Waals surface area contributed by atoms with Gasteiger partial charge in [0.1, 0.15) is 0 Å². The van der Waals surface area contributed by atoms with E-state index in [9.17, 15) is 0 Å². The summed E-state index contributed by atoms with van der Waals surface area (Å²) in [6, 6.07) is 22.0. The standard InChI is InChI=1S/C29H29OSi.2ClH.Zr/c1-5-20-14-15-26-24-12-8-6-11-22(24)19-27(26)28(20)29-23(16-17-30-31(2,3)4)18-21-10-7-9-13-25(21)29;;;/h5-15,18,29H,16-17H2,1-4H3;2*1H;/q-1;;;+3/p-2. The average molecular weight is 584 g/mol. The Labute approximate surface area is 235 Å². The fourth-order valence-corrected chi connectivity index (χ4v) is 5.65. The third-order valence-electron chi connectivity index (χ3n) is 6.30. The average Bonchev–Trinajstić information content (AvgIpc) is 3.30. The largest absolute Gasteiger partial charge is 3.00 e. The number of fused-ring (bicyclic) bond motifs is 3. The molecule has 0 saturated carbocycles. The molecule has 0 saturated heterocycles. The molecule has 34 heavy (non-hydrogen) atoms. The van der Waals surface area contributed by atoms with Crippen LogP contribution in [0.1, 0.15) is 41.5 Å².